The summed E-state index contributed by atoms with van der Waals surface area (Å²) in [6.07, 6.45) is 6.26. The van der Waals surface area contributed by atoms with Crippen molar-refractivity contribution in [3.63, 3.8) is 0 Å². The zero-order chi connectivity index (χ0) is 9.61. The minimum Gasteiger partial charge on any atom is -0.212 e. The molecule has 1 unspecified atom stereocenters. The van der Waals surface area contributed by atoms with Crippen LogP contribution in [0.15, 0.2) is 0 Å². The molecule has 1 atom stereocenters. The molecule has 0 aliphatic rings. The van der Waals surface area contributed by atoms with Gasteiger partial charge >= 0.3 is 0 Å². The molecule has 0 aromatic carbocycles. The van der Waals surface area contributed by atoms with E-state index in [1.807, 2.05) is 6.92 Å². The molecule has 0 aromatic heterocycles. The smallest absolute Gasteiger partial charge is 0.211 e. The molecule has 0 saturated carbocycles. The van der Waals surface area contributed by atoms with Gasteiger partial charge in [0.1, 0.15) is 0 Å². The van der Waals surface area contributed by atoms with Crippen LogP contribution in [0.2, 0.25) is 0 Å². The Hall–Kier alpha value is -0.530. The summed E-state index contributed by atoms with van der Waals surface area (Å²) in [4.78, 5) is 0. The van der Waals surface area contributed by atoms with Gasteiger partial charge < -0.3 is 0 Å². The topological polar surface area (TPSA) is 46.2 Å². The lowest BCUT2D eigenvalue weighted by Gasteiger charge is -2.12. The molecule has 0 aliphatic carbocycles. The minimum atomic E-state index is -3.10. The molecule has 0 amide bonds. The van der Waals surface area contributed by atoms with Crippen molar-refractivity contribution in [2.24, 2.45) is 0 Å². The molecule has 12 heavy (non-hydrogen) atoms. The molecule has 70 valence electrons. The third-order valence-electron chi connectivity index (χ3n) is 1.58. The Bertz CT molecular complexity index is 251. The Balaban J connectivity index is 4.13. The van der Waals surface area contributed by atoms with E-state index in [9.17, 15) is 8.42 Å². The van der Waals surface area contributed by atoms with Crippen LogP contribution < -0.4 is 4.72 Å². The summed E-state index contributed by atoms with van der Waals surface area (Å²) in [5.74, 6) is 2.54. The molecule has 4 heteroatoms. The fraction of sp³-hybridized carbons (Fsp3) is 0.750. The first-order valence-electron chi connectivity index (χ1n) is 3.99. The summed E-state index contributed by atoms with van der Waals surface area (Å²) in [6, 6.07) is -0.111. The van der Waals surface area contributed by atoms with Crippen molar-refractivity contribution in [1.82, 2.24) is 4.72 Å². The zero-order valence-electron chi connectivity index (χ0n) is 7.50. The van der Waals surface area contributed by atoms with Crippen LogP contribution in [0, 0.1) is 12.3 Å². The van der Waals surface area contributed by atoms with E-state index in [2.05, 4.69) is 10.6 Å². The van der Waals surface area contributed by atoms with Crippen LogP contribution in [0.4, 0.5) is 0 Å². The quantitative estimate of drug-likeness (QED) is 0.648. The standard InChI is InChI=1S/C8H15NO2S/c1-4-7-8(5-2)9-12(10,11)6-3/h1,8-9H,5-7H2,2-3H3. The van der Waals surface area contributed by atoms with Crippen LogP contribution in [-0.4, -0.2) is 20.2 Å². The predicted molar refractivity (Wildman–Crippen MR) is 50.1 cm³/mol. The number of hydrogen-bond donors (Lipinski definition) is 1. The van der Waals surface area contributed by atoms with Crippen molar-refractivity contribution in [2.45, 2.75) is 32.7 Å². The first-order chi connectivity index (χ1) is 5.55. The summed E-state index contributed by atoms with van der Waals surface area (Å²) in [5, 5.41) is 0. The molecule has 3 nitrogen and oxygen atoms in total. The molecule has 0 fully saturated rings. The van der Waals surface area contributed by atoms with Crippen LogP contribution in [-0.2, 0) is 10.0 Å². The monoisotopic (exact) mass is 189 g/mol. The summed E-state index contributed by atoms with van der Waals surface area (Å²) >= 11 is 0. The second-order valence-electron chi connectivity index (χ2n) is 2.53. The Kier molecular flexibility index (Phi) is 4.95. The van der Waals surface area contributed by atoms with E-state index in [1.165, 1.54) is 0 Å². The highest BCUT2D eigenvalue weighted by atomic mass is 32.2. The second kappa shape index (κ2) is 5.18. The molecule has 0 heterocycles. The number of terminal acetylenes is 1. The van der Waals surface area contributed by atoms with Crippen molar-refractivity contribution >= 4 is 10.0 Å². The van der Waals surface area contributed by atoms with Crippen LogP contribution >= 0.6 is 0 Å². The fourth-order valence-corrected chi connectivity index (χ4v) is 1.67. The van der Waals surface area contributed by atoms with Gasteiger partial charge in [-0.05, 0) is 13.3 Å². The summed E-state index contributed by atoms with van der Waals surface area (Å²) < 4.78 is 24.7. The molecule has 0 radical (unpaired) electrons. The normalized spacial score (nSPS) is 13.8. The van der Waals surface area contributed by atoms with E-state index in [4.69, 9.17) is 6.42 Å². The average molecular weight is 189 g/mol. The van der Waals surface area contributed by atoms with Gasteiger partial charge in [0.15, 0.2) is 0 Å². The van der Waals surface area contributed by atoms with Crippen molar-refractivity contribution < 1.29 is 8.42 Å². The van der Waals surface area contributed by atoms with Gasteiger partial charge in [-0.3, -0.25) is 0 Å². The third kappa shape index (κ3) is 4.37. The van der Waals surface area contributed by atoms with E-state index in [0.29, 0.717) is 6.42 Å². The SMILES string of the molecule is C#CCC(CC)NS(=O)(=O)CC. The molecule has 0 saturated heterocycles. The zero-order valence-corrected chi connectivity index (χ0v) is 8.32. The largest absolute Gasteiger partial charge is 0.212 e. The van der Waals surface area contributed by atoms with Gasteiger partial charge in [0.2, 0.25) is 10.0 Å². The van der Waals surface area contributed by atoms with Gasteiger partial charge in [-0.25, -0.2) is 13.1 Å². The summed E-state index contributed by atoms with van der Waals surface area (Å²) in [6.45, 7) is 3.51. The molecule has 1 N–H and O–H groups in total. The maximum absolute atomic E-state index is 11.1. The second-order valence-corrected chi connectivity index (χ2v) is 4.58. The fourth-order valence-electron chi connectivity index (χ4n) is 0.749. The number of nitrogens with one attached hydrogen (secondary N) is 1. The van der Waals surface area contributed by atoms with E-state index in [0.717, 1.165) is 6.42 Å². The molecule has 0 spiro atoms. The highest BCUT2D eigenvalue weighted by Crippen LogP contribution is 1.98. The van der Waals surface area contributed by atoms with Gasteiger partial charge in [0, 0.05) is 12.5 Å². The van der Waals surface area contributed by atoms with E-state index in [-0.39, 0.29) is 11.8 Å². The Morgan fingerprint density at radius 1 is 1.50 bits per heavy atom. The van der Waals surface area contributed by atoms with E-state index in [1.54, 1.807) is 6.92 Å². The number of sulfonamides is 1. The first-order valence-corrected chi connectivity index (χ1v) is 5.64. The van der Waals surface area contributed by atoms with Gasteiger partial charge in [0.25, 0.3) is 0 Å². The highest BCUT2D eigenvalue weighted by molar-refractivity contribution is 7.89. The molecule has 0 aliphatic heterocycles. The van der Waals surface area contributed by atoms with Crippen molar-refractivity contribution in [3.8, 4) is 12.3 Å². The van der Waals surface area contributed by atoms with E-state index < -0.39 is 10.0 Å². The third-order valence-corrected chi connectivity index (χ3v) is 3.04. The first kappa shape index (κ1) is 11.5. The lowest BCUT2D eigenvalue weighted by Crippen LogP contribution is -2.35. The van der Waals surface area contributed by atoms with Gasteiger partial charge in [0.05, 0.1) is 5.75 Å². The predicted octanol–water partition coefficient (Wildman–Crippen LogP) is 0.728. The maximum atomic E-state index is 11.1. The Morgan fingerprint density at radius 3 is 2.42 bits per heavy atom. The van der Waals surface area contributed by atoms with Crippen molar-refractivity contribution in [3.05, 3.63) is 0 Å². The Morgan fingerprint density at radius 2 is 2.08 bits per heavy atom. The van der Waals surface area contributed by atoms with Crippen LogP contribution in [0.3, 0.4) is 0 Å². The van der Waals surface area contributed by atoms with E-state index >= 15 is 0 Å². The number of rotatable bonds is 5. The lowest BCUT2D eigenvalue weighted by atomic mass is 10.2. The van der Waals surface area contributed by atoms with Crippen LogP contribution in [0.1, 0.15) is 26.7 Å². The van der Waals surface area contributed by atoms with Gasteiger partial charge in [-0.1, -0.05) is 6.92 Å². The van der Waals surface area contributed by atoms with Gasteiger partial charge in [-0.15, -0.1) is 12.3 Å². The van der Waals surface area contributed by atoms with Crippen molar-refractivity contribution in [2.75, 3.05) is 5.75 Å². The highest BCUT2D eigenvalue weighted by Gasteiger charge is 2.12. The molecular formula is C8H15NO2S. The molecular weight excluding hydrogens is 174 g/mol. The minimum absolute atomic E-state index is 0.105. The van der Waals surface area contributed by atoms with Gasteiger partial charge in [-0.2, -0.15) is 0 Å². The van der Waals surface area contributed by atoms with Crippen LogP contribution in [0.25, 0.3) is 0 Å². The summed E-state index contributed by atoms with van der Waals surface area (Å²) in [7, 11) is -3.10. The summed E-state index contributed by atoms with van der Waals surface area (Å²) in [5.41, 5.74) is 0. The molecule has 0 aromatic rings. The molecule has 0 bridgehead atoms. The lowest BCUT2D eigenvalue weighted by molar-refractivity contribution is 0.545. The Labute approximate surface area is 74.6 Å². The van der Waals surface area contributed by atoms with Crippen molar-refractivity contribution in [1.29, 1.82) is 0 Å². The number of hydrogen-bond acceptors (Lipinski definition) is 2. The van der Waals surface area contributed by atoms with Crippen LogP contribution in [0.5, 0.6) is 0 Å². The average Bonchev–Trinajstić information content (AvgIpc) is 2.03. The maximum Gasteiger partial charge on any atom is 0.211 e. The molecule has 0 rings (SSSR count).